The molecule has 56 valence electrons. The normalized spacial score (nSPS) is 8.50. The van der Waals surface area contributed by atoms with Gasteiger partial charge in [-0.1, -0.05) is 37.8 Å². The van der Waals surface area contributed by atoms with Crippen LogP contribution in [0.5, 0.6) is 0 Å². The molecule has 0 fully saturated rings. The van der Waals surface area contributed by atoms with E-state index in [4.69, 9.17) is 5.11 Å². The Labute approximate surface area is 62.3 Å². The Morgan fingerprint density at radius 1 is 1.10 bits per heavy atom. The van der Waals surface area contributed by atoms with Gasteiger partial charge in [0.2, 0.25) is 0 Å². The standard InChI is InChI=1S/C8H10O.CH4/c9-7-6-8-4-2-1-3-5-8;/h1-5,9H,6-7H2;1H4. The van der Waals surface area contributed by atoms with Gasteiger partial charge in [-0.05, 0) is 12.0 Å². The van der Waals surface area contributed by atoms with Gasteiger partial charge in [-0.25, -0.2) is 0 Å². The summed E-state index contributed by atoms with van der Waals surface area (Å²) in [5.41, 5.74) is 1.19. The van der Waals surface area contributed by atoms with E-state index < -0.39 is 0 Å². The predicted molar refractivity (Wildman–Crippen MR) is 44.0 cm³/mol. The summed E-state index contributed by atoms with van der Waals surface area (Å²) in [6.07, 6.45) is 0.765. The molecule has 0 aliphatic carbocycles. The van der Waals surface area contributed by atoms with E-state index >= 15 is 0 Å². The largest absolute Gasteiger partial charge is 0.396 e. The maximum atomic E-state index is 8.52. The van der Waals surface area contributed by atoms with Crippen molar-refractivity contribution < 1.29 is 5.11 Å². The summed E-state index contributed by atoms with van der Waals surface area (Å²) < 4.78 is 0. The van der Waals surface area contributed by atoms with Crippen molar-refractivity contribution in [3.05, 3.63) is 35.9 Å². The fraction of sp³-hybridized carbons (Fsp3) is 0.333. The zero-order valence-electron chi connectivity index (χ0n) is 5.25. The summed E-state index contributed by atoms with van der Waals surface area (Å²) in [5.74, 6) is 0. The molecule has 0 spiro atoms. The number of hydrogen-bond donors (Lipinski definition) is 1. The molecule has 0 heterocycles. The van der Waals surface area contributed by atoms with E-state index in [0.29, 0.717) is 0 Å². The zero-order chi connectivity index (χ0) is 6.53. The third-order valence-electron chi connectivity index (χ3n) is 1.24. The lowest BCUT2D eigenvalue weighted by Gasteiger charge is -1.93. The molecular weight excluding hydrogens is 124 g/mol. The molecule has 1 N–H and O–H groups in total. The summed E-state index contributed by atoms with van der Waals surface area (Å²) in [5, 5.41) is 8.52. The molecule has 0 saturated heterocycles. The minimum Gasteiger partial charge on any atom is -0.396 e. The smallest absolute Gasteiger partial charge is 0.0471 e. The van der Waals surface area contributed by atoms with Gasteiger partial charge in [-0.3, -0.25) is 0 Å². The minimum absolute atomic E-state index is 0. The Kier molecular flexibility index (Phi) is 4.59. The Balaban J connectivity index is 0.000000810. The summed E-state index contributed by atoms with van der Waals surface area (Å²) >= 11 is 0. The van der Waals surface area contributed by atoms with Crippen LogP contribution in [-0.2, 0) is 6.42 Å². The highest BCUT2D eigenvalue weighted by molar-refractivity contribution is 5.14. The average Bonchev–Trinajstić information content (AvgIpc) is 1.91. The van der Waals surface area contributed by atoms with Crippen molar-refractivity contribution >= 4 is 0 Å². The van der Waals surface area contributed by atoms with Crippen LogP contribution in [0.15, 0.2) is 30.3 Å². The third-order valence-corrected chi connectivity index (χ3v) is 1.24. The van der Waals surface area contributed by atoms with Gasteiger partial charge in [0.25, 0.3) is 0 Å². The number of aliphatic hydroxyl groups is 1. The van der Waals surface area contributed by atoms with Gasteiger partial charge in [-0.15, -0.1) is 0 Å². The number of hydrogen-bond acceptors (Lipinski definition) is 1. The second-order valence-corrected chi connectivity index (χ2v) is 1.96. The molecule has 0 amide bonds. The van der Waals surface area contributed by atoms with Gasteiger partial charge in [0.05, 0.1) is 0 Å². The minimum atomic E-state index is 0. The maximum Gasteiger partial charge on any atom is 0.0471 e. The third kappa shape index (κ3) is 2.65. The quantitative estimate of drug-likeness (QED) is 0.661. The molecule has 1 aromatic carbocycles. The predicted octanol–water partition coefficient (Wildman–Crippen LogP) is 1.86. The van der Waals surface area contributed by atoms with Crippen LogP contribution in [0.25, 0.3) is 0 Å². The van der Waals surface area contributed by atoms with Gasteiger partial charge in [0.1, 0.15) is 0 Å². The van der Waals surface area contributed by atoms with Crippen molar-refractivity contribution in [2.45, 2.75) is 13.8 Å². The van der Waals surface area contributed by atoms with Gasteiger partial charge in [0, 0.05) is 6.61 Å². The molecule has 0 saturated carbocycles. The lowest BCUT2D eigenvalue weighted by atomic mass is 10.2. The van der Waals surface area contributed by atoms with E-state index in [1.807, 2.05) is 30.3 Å². The summed E-state index contributed by atoms with van der Waals surface area (Å²) in [7, 11) is 0. The van der Waals surface area contributed by atoms with Crippen molar-refractivity contribution in [3.8, 4) is 0 Å². The monoisotopic (exact) mass is 138 g/mol. The summed E-state index contributed by atoms with van der Waals surface area (Å²) in [4.78, 5) is 0. The molecule has 1 aromatic rings. The highest BCUT2D eigenvalue weighted by Gasteiger charge is 1.85. The van der Waals surface area contributed by atoms with E-state index in [9.17, 15) is 0 Å². The Morgan fingerprint density at radius 3 is 2.20 bits per heavy atom. The molecule has 10 heavy (non-hydrogen) atoms. The lowest BCUT2D eigenvalue weighted by molar-refractivity contribution is 0.299. The van der Waals surface area contributed by atoms with Crippen LogP contribution in [0, 0.1) is 0 Å². The zero-order valence-corrected chi connectivity index (χ0v) is 5.25. The molecule has 0 aromatic heterocycles. The van der Waals surface area contributed by atoms with Crippen LogP contribution in [0.2, 0.25) is 0 Å². The lowest BCUT2D eigenvalue weighted by Crippen LogP contribution is -1.88. The molecule has 0 radical (unpaired) electrons. The first-order chi connectivity index (χ1) is 4.43. The fourth-order valence-corrected chi connectivity index (χ4v) is 0.774. The molecule has 1 rings (SSSR count). The highest BCUT2D eigenvalue weighted by atomic mass is 16.2. The molecular formula is C9H14O. The van der Waals surface area contributed by atoms with Crippen molar-refractivity contribution in [2.24, 2.45) is 0 Å². The summed E-state index contributed by atoms with van der Waals surface area (Å²) in [6, 6.07) is 9.95. The van der Waals surface area contributed by atoms with Crippen LogP contribution in [0.4, 0.5) is 0 Å². The van der Waals surface area contributed by atoms with Crippen LogP contribution in [0.1, 0.15) is 13.0 Å². The van der Waals surface area contributed by atoms with Gasteiger partial charge in [0.15, 0.2) is 0 Å². The van der Waals surface area contributed by atoms with E-state index in [1.54, 1.807) is 0 Å². The molecule has 0 aliphatic heterocycles. The summed E-state index contributed by atoms with van der Waals surface area (Å²) in [6.45, 7) is 0.240. The van der Waals surface area contributed by atoms with E-state index in [1.165, 1.54) is 5.56 Å². The van der Waals surface area contributed by atoms with Crippen LogP contribution in [0.3, 0.4) is 0 Å². The first-order valence-electron chi connectivity index (χ1n) is 3.08. The van der Waals surface area contributed by atoms with Gasteiger partial charge >= 0.3 is 0 Å². The van der Waals surface area contributed by atoms with E-state index in [0.717, 1.165) is 6.42 Å². The van der Waals surface area contributed by atoms with E-state index in [-0.39, 0.29) is 14.0 Å². The second kappa shape index (κ2) is 5.00. The van der Waals surface area contributed by atoms with Crippen LogP contribution >= 0.6 is 0 Å². The molecule has 0 bridgehead atoms. The maximum absolute atomic E-state index is 8.52. The van der Waals surface area contributed by atoms with Crippen molar-refractivity contribution in [3.63, 3.8) is 0 Å². The Hall–Kier alpha value is -0.820. The highest BCUT2D eigenvalue weighted by Crippen LogP contribution is 1.97. The Bertz CT molecular complexity index is 158. The van der Waals surface area contributed by atoms with Crippen molar-refractivity contribution in [1.29, 1.82) is 0 Å². The molecule has 0 unspecified atom stereocenters. The van der Waals surface area contributed by atoms with Crippen LogP contribution < -0.4 is 0 Å². The molecule has 1 heteroatoms. The Morgan fingerprint density at radius 2 is 1.70 bits per heavy atom. The first-order valence-corrected chi connectivity index (χ1v) is 3.08. The van der Waals surface area contributed by atoms with Gasteiger partial charge < -0.3 is 5.11 Å². The van der Waals surface area contributed by atoms with Crippen LogP contribution in [-0.4, -0.2) is 11.7 Å². The topological polar surface area (TPSA) is 20.2 Å². The molecule has 1 nitrogen and oxygen atoms in total. The van der Waals surface area contributed by atoms with Gasteiger partial charge in [-0.2, -0.15) is 0 Å². The number of aliphatic hydroxyl groups excluding tert-OH is 1. The molecule has 0 aliphatic rings. The number of rotatable bonds is 2. The van der Waals surface area contributed by atoms with Crippen molar-refractivity contribution in [1.82, 2.24) is 0 Å². The van der Waals surface area contributed by atoms with Crippen molar-refractivity contribution in [2.75, 3.05) is 6.61 Å². The second-order valence-electron chi connectivity index (χ2n) is 1.96. The average molecular weight is 138 g/mol. The SMILES string of the molecule is C.OCCc1ccccc1. The fourth-order valence-electron chi connectivity index (χ4n) is 0.774. The first kappa shape index (κ1) is 9.18. The molecule has 0 atom stereocenters. The number of benzene rings is 1. The van der Waals surface area contributed by atoms with E-state index in [2.05, 4.69) is 0 Å².